The van der Waals surface area contributed by atoms with E-state index in [1.807, 2.05) is 56.3 Å². The lowest BCUT2D eigenvalue weighted by atomic mass is 10.1. The third-order valence-electron chi connectivity index (χ3n) is 7.12. The molecule has 0 unspecified atom stereocenters. The average molecular weight is 561 g/mol. The fourth-order valence-electron chi connectivity index (χ4n) is 4.99. The normalized spacial score (nSPS) is 14.2. The zero-order valence-corrected chi connectivity index (χ0v) is 23.6. The minimum absolute atomic E-state index is 0.243. The summed E-state index contributed by atoms with van der Waals surface area (Å²) in [5.41, 5.74) is 9.53. The van der Waals surface area contributed by atoms with E-state index in [1.54, 1.807) is 12.3 Å². The van der Waals surface area contributed by atoms with E-state index in [0.29, 0.717) is 15.6 Å². The van der Waals surface area contributed by atoms with Crippen LogP contribution in [0.1, 0.15) is 32.9 Å². The van der Waals surface area contributed by atoms with Gasteiger partial charge in [0.25, 0.3) is 5.91 Å². The standard InChI is InChI=1S/C31H31Cl2N5O/c1-22-18-26(23(2)38(22)28-12-13-29(32)30(33)19-28)20-34-35-31(39)25-10-8-24(9-11-25)21-36-14-16-37(17-15-36)27-6-4-3-5-7-27/h3-13,18-20H,14-17,21H2,1-2H3,(H,35,39). The number of anilines is 1. The van der Waals surface area contributed by atoms with Gasteiger partial charge in [-0.25, -0.2) is 5.43 Å². The van der Waals surface area contributed by atoms with E-state index in [9.17, 15) is 4.79 Å². The maximum atomic E-state index is 12.7. The van der Waals surface area contributed by atoms with Gasteiger partial charge in [-0.05, 0) is 67.9 Å². The van der Waals surface area contributed by atoms with Crippen LogP contribution in [0.3, 0.4) is 0 Å². The molecule has 0 saturated carbocycles. The topological polar surface area (TPSA) is 52.9 Å². The summed E-state index contributed by atoms with van der Waals surface area (Å²) in [5.74, 6) is -0.243. The van der Waals surface area contributed by atoms with Crippen molar-refractivity contribution >= 4 is 41.0 Å². The molecule has 1 amide bonds. The number of amides is 1. The van der Waals surface area contributed by atoms with E-state index in [2.05, 4.69) is 55.2 Å². The van der Waals surface area contributed by atoms with Gasteiger partial charge in [-0.1, -0.05) is 53.5 Å². The van der Waals surface area contributed by atoms with Crippen molar-refractivity contribution in [1.29, 1.82) is 0 Å². The van der Waals surface area contributed by atoms with Crippen molar-refractivity contribution in [2.45, 2.75) is 20.4 Å². The Morgan fingerprint density at radius 3 is 2.28 bits per heavy atom. The van der Waals surface area contributed by atoms with Gasteiger partial charge in [-0.3, -0.25) is 9.69 Å². The minimum atomic E-state index is -0.243. The first-order valence-electron chi connectivity index (χ1n) is 13.0. The van der Waals surface area contributed by atoms with E-state index < -0.39 is 0 Å². The number of para-hydroxylation sites is 1. The number of nitrogens with one attached hydrogen (secondary N) is 1. The van der Waals surface area contributed by atoms with Gasteiger partial charge in [-0.2, -0.15) is 5.10 Å². The van der Waals surface area contributed by atoms with Gasteiger partial charge >= 0.3 is 0 Å². The molecule has 1 fully saturated rings. The summed E-state index contributed by atoms with van der Waals surface area (Å²) in [6.45, 7) is 8.93. The van der Waals surface area contributed by atoms with Crippen LogP contribution in [0.15, 0.2) is 84.0 Å². The first-order chi connectivity index (χ1) is 18.9. The number of benzene rings is 3. The number of aryl methyl sites for hydroxylation is 1. The first-order valence-corrected chi connectivity index (χ1v) is 13.7. The molecule has 0 radical (unpaired) electrons. The van der Waals surface area contributed by atoms with Crippen LogP contribution in [0.5, 0.6) is 0 Å². The Balaban J connectivity index is 1.15. The van der Waals surface area contributed by atoms with Gasteiger partial charge in [0.2, 0.25) is 0 Å². The lowest BCUT2D eigenvalue weighted by Crippen LogP contribution is -2.45. The first kappa shape index (κ1) is 27.0. The van der Waals surface area contributed by atoms with E-state index in [-0.39, 0.29) is 5.91 Å². The summed E-state index contributed by atoms with van der Waals surface area (Å²) in [4.78, 5) is 17.6. The largest absolute Gasteiger partial charge is 0.369 e. The molecule has 5 rings (SSSR count). The molecule has 1 saturated heterocycles. The molecule has 0 bridgehead atoms. The average Bonchev–Trinajstić information content (AvgIpc) is 3.24. The van der Waals surface area contributed by atoms with Gasteiger partial charge < -0.3 is 9.47 Å². The Labute approximate surface area is 239 Å². The predicted molar refractivity (Wildman–Crippen MR) is 161 cm³/mol. The summed E-state index contributed by atoms with van der Waals surface area (Å²) in [7, 11) is 0. The number of nitrogens with zero attached hydrogens (tertiary/aromatic N) is 4. The fraction of sp³-hybridized carbons (Fsp3) is 0.226. The molecule has 0 aliphatic carbocycles. The van der Waals surface area contributed by atoms with Crippen LogP contribution in [0.2, 0.25) is 10.0 Å². The number of hydrazone groups is 1. The number of halogens is 2. The zero-order valence-electron chi connectivity index (χ0n) is 22.1. The van der Waals surface area contributed by atoms with Crippen molar-refractivity contribution in [2.24, 2.45) is 5.10 Å². The number of rotatable bonds is 7. The molecule has 0 atom stereocenters. The molecule has 1 aliphatic rings. The molecular weight excluding hydrogens is 529 g/mol. The molecule has 1 aliphatic heterocycles. The summed E-state index contributed by atoms with van der Waals surface area (Å²) in [6, 6.07) is 25.9. The van der Waals surface area contributed by atoms with Crippen molar-refractivity contribution in [1.82, 2.24) is 14.9 Å². The highest BCUT2D eigenvalue weighted by Gasteiger charge is 2.17. The molecule has 6 nitrogen and oxygen atoms in total. The van der Waals surface area contributed by atoms with Crippen LogP contribution in [0, 0.1) is 13.8 Å². The molecular formula is C31H31Cl2N5O. The molecule has 200 valence electrons. The van der Waals surface area contributed by atoms with Crippen LogP contribution < -0.4 is 10.3 Å². The van der Waals surface area contributed by atoms with Crippen molar-refractivity contribution in [3.63, 3.8) is 0 Å². The minimum Gasteiger partial charge on any atom is -0.369 e. The lowest BCUT2D eigenvalue weighted by molar-refractivity contribution is 0.0955. The second-order valence-electron chi connectivity index (χ2n) is 9.76. The Kier molecular flexibility index (Phi) is 8.36. The maximum absolute atomic E-state index is 12.7. The molecule has 8 heteroatoms. The number of hydrogen-bond donors (Lipinski definition) is 1. The molecule has 0 spiro atoms. The second-order valence-corrected chi connectivity index (χ2v) is 10.6. The van der Waals surface area contributed by atoms with Crippen molar-refractivity contribution in [3.05, 3.63) is 117 Å². The van der Waals surface area contributed by atoms with Crippen LogP contribution in [0.4, 0.5) is 5.69 Å². The Bertz CT molecular complexity index is 1470. The highest BCUT2D eigenvalue weighted by molar-refractivity contribution is 6.42. The summed E-state index contributed by atoms with van der Waals surface area (Å²) in [6.07, 6.45) is 1.66. The van der Waals surface area contributed by atoms with Crippen molar-refractivity contribution < 1.29 is 4.79 Å². The van der Waals surface area contributed by atoms with E-state index in [1.165, 1.54) is 11.3 Å². The van der Waals surface area contributed by atoms with Crippen LogP contribution >= 0.6 is 23.2 Å². The fourth-order valence-corrected chi connectivity index (χ4v) is 5.28. The summed E-state index contributed by atoms with van der Waals surface area (Å²) >= 11 is 12.3. The van der Waals surface area contributed by atoms with E-state index >= 15 is 0 Å². The number of carbonyl (C=O) groups excluding carboxylic acids is 1. The number of carbonyl (C=O) groups is 1. The van der Waals surface area contributed by atoms with Gasteiger partial charge in [0, 0.05) is 66.6 Å². The molecule has 3 aromatic carbocycles. The molecule has 1 N–H and O–H groups in total. The quantitative estimate of drug-likeness (QED) is 0.208. The van der Waals surface area contributed by atoms with Gasteiger partial charge in [-0.15, -0.1) is 0 Å². The highest BCUT2D eigenvalue weighted by atomic mass is 35.5. The second kappa shape index (κ2) is 12.1. The highest BCUT2D eigenvalue weighted by Crippen LogP contribution is 2.27. The third-order valence-corrected chi connectivity index (χ3v) is 7.86. The smallest absolute Gasteiger partial charge is 0.271 e. The Hall–Kier alpha value is -3.58. The number of hydrogen-bond acceptors (Lipinski definition) is 4. The van der Waals surface area contributed by atoms with Gasteiger partial charge in [0.05, 0.1) is 16.3 Å². The molecule has 2 heterocycles. The number of piperazine rings is 1. The monoisotopic (exact) mass is 559 g/mol. The van der Waals surface area contributed by atoms with Crippen LogP contribution in [0.25, 0.3) is 5.69 Å². The third kappa shape index (κ3) is 6.36. The van der Waals surface area contributed by atoms with Crippen molar-refractivity contribution in [3.8, 4) is 5.69 Å². The SMILES string of the molecule is Cc1cc(C=NNC(=O)c2ccc(CN3CCN(c4ccccc4)CC3)cc2)c(C)n1-c1ccc(Cl)c(Cl)c1. The summed E-state index contributed by atoms with van der Waals surface area (Å²) in [5, 5.41) is 5.23. The zero-order chi connectivity index (χ0) is 27.4. The maximum Gasteiger partial charge on any atom is 0.271 e. The van der Waals surface area contributed by atoms with Crippen molar-refractivity contribution in [2.75, 3.05) is 31.1 Å². The van der Waals surface area contributed by atoms with E-state index in [4.69, 9.17) is 23.2 Å². The van der Waals surface area contributed by atoms with E-state index in [0.717, 1.165) is 55.4 Å². The Morgan fingerprint density at radius 2 is 1.59 bits per heavy atom. The Morgan fingerprint density at radius 1 is 0.872 bits per heavy atom. The lowest BCUT2D eigenvalue weighted by Gasteiger charge is -2.36. The van der Waals surface area contributed by atoms with Crippen LogP contribution in [-0.2, 0) is 6.54 Å². The molecule has 1 aromatic heterocycles. The number of aromatic nitrogens is 1. The van der Waals surface area contributed by atoms with Gasteiger partial charge in [0.1, 0.15) is 0 Å². The molecule has 39 heavy (non-hydrogen) atoms. The molecule has 4 aromatic rings. The van der Waals surface area contributed by atoms with Crippen LogP contribution in [-0.4, -0.2) is 47.8 Å². The summed E-state index contributed by atoms with van der Waals surface area (Å²) < 4.78 is 2.08. The van der Waals surface area contributed by atoms with Gasteiger partial charge in [0.15, 0.2) is 0 Å². The predicted octanol–water partition coefficient (Wildman–Crippen LogP) is 6.49.